The van der Waals surface area contributed by atoms with Gasteiger partial charge in [0.2, 0.25) is 5.91 Å². The van der Waals surface area contributed by atoms with Crippen LogP contribution in [0.1, 0.15) is 31.4 Å². The van der Waals surface area contributed by atoms with E-state index in [0.29, 0.717) is 18.7 Å². The maximum Gasteiger partial charge on any atom is 0.327 e. The number of esters is 1. The van der Waals surface area contributed by atoms with Crippen LogP contribution in [0.5, 0.6) is 0 Å². The molecule has 1 atom stereocenters. The number of carbonyl (C=O) groups is 2. The summed E-state index contributed by atoms with van der Waals surface area (Å²) in [5, 5.41) is 2.90. The Kier molecular flexibility index (Phi) is 5.49. The van der Waals surface area contributed by atoms with E-state index in [1.54, 1.807) is 12.1 Å². The summed E-state index contributed by atoms with van der Waals surface area (Å²) in [6.07, 6.45) is 1.54. The zero-order valence-electron chi connectivity index (χ0n) is 12.8. The Bertz CT molecular complexity index is 525. The van der Waals surface area contributed by atoms with Crippen molar-refractivity contribution in [2.75, 3.05) is 20.2 Å². The van der Waals surface area contributed by atoms with Crippen LogP contribution < -0.4 is 5.32 Å². The molecule has 0 saturated carbocycles. The SMILES string of the molecule is COC(=O)[C@@H](c1ccc(F)cc1)N1CCC(NC(C)=O)CC1. The maximum atomic E-state index is 13.1. The molecule has 5 nitrogen and oxygen atoms in total. The number of nitrogens with one attached hydrogen (secondary N) is 1. The fourth-order valence-corrected chi connectivity index (χ4v) is 2.84. The van der Waals surface area contributed by atoms with E-state index in [1.807, 2.05) is 4.90 Å². The van der Waals surface area contributed by atoms with E-state index in [4.69, 9.17) is 4.74 Å². The summed E-state index contributed by atoms with van der Waals surface area (Å²) >= 11 is 0. The van der Waals surface area contributed by atoms with E-state index in [2.05, 4.69) is 5.32 Å². The van der Waals surface area contributed by atoms with Gasteiger partial charge < -0.3 is 10.1 Å². The number of carbonyl (C=O) groups excluding carboxylic acids is 2. The van der Waals surface area contributed by atoms with Crippen LogP contribution in [0.2, 0.25) is 0 Å². The van der Waals surface area contributed by atoms with Gasteiger partial charge in [-0.3, -0.25) is 9.69 Å². The van der Waals surface area contributed by atoms with E-state index in [9.17, 15) is 14.0 Å². The van der Waals surface area contributed by atoms with Gasteiger partial charge in [-0.25, -0.2) is 9.18 Å². The van der Waals surface area contributed by atoms with Crippen LogP contribution >= 0.6 is 0 Å². The molecule has 1 aromatic carbocycles. The highest BCUT2D eigenvalue weighted by atomic mass is 19.1. The van der Waals surface area contributed by atoms with Gasteiger partial charge in [0.05, 0.1) is 7.11 Å². The molecule has 1 aromatic rings. The second kappa shape index (κ2) is 7.35. The van der Waals surface area contributed by atoms with Gasteiger partial charge in [-0.05, 0) is 30.5 Å². The van der Waals surface area contributed by atoms with E-state index < -0.39 is 6.04 Å². The van der Waals surface area contributed by atoms with Crippen LogP contribution in [0.25, 0.3) is 0 Å². The third kappa shape index (κ3) is 4.04. The third-order valence-electron chi connectivity index (χ3n) is 3.91. The van der Waals surface area contributed by atoms with Crippen LogP contribution in [0.15, 0.2) is 24.3 Å². The van der Waals surface area contributed by atoms with Gasteiger partial charge in [-0.1, -0.05) is 12.1 Å². The molecule has 1 heterocycles. The molecule has 0 bridgehead atoms. The van der Waals surface area contributed by atoms with E-state index in [-0.39, 0.29) is 23.7 Å². The van der Waals surface area contributed by atoms with E-state index in [0.717, 1.165) is 12.8 Å². The minimum atomic E-state index is -0.538. The van der Waals surface area contributed by atoms with Crippen LogP contribution in [0.4, 0.5) is 4.39 Å². The number of benzene rings is 1. The number of amides is 1. The second-order valence-corrected chi connectivity index (χ2v) is 5.49. The molecule has 1 N–H and O–H groups in total. The molecular weight excluding hydrogens is 287 g/mol. The number of rotatable bonds is 4. The third-order valence-corrected chi connectivity index (χ3v) is 3.91. The van der Waals surface area contributed by atoms with Crippen molar-refractivity contribution in [2.45, 2.75) is 31.8 Å². The molecular formula is C16H21FN2O3. The molecule has 1 aliphatic rings. The first kappa shape index (κ1) is 16.4. The van der Waals surface area contributed by atoms with Crippen molar-refractivity contribution in [3.05, 3.63) is 35.6 Å². The minimum absolute atomic E-state index is 0.0403. The van der Waals surface area contributed by atoms with Gasteiger partial charge in [0, 0.05) is 26.1 Å². The largest absolute Gasteiger partial charge is 0.468 e. The fourth-order valence-electron chi connectivity index (χ4n) is 2.84. The smallest absolute Gasteiger partial charge is 0.327 e. The Balaban J connectivity index is 2.09. The van der Waals surface area contributed by atoms with Gasteiger partial charge in [-0.15, -0.1) is 0 Å². The summed E-state index contributed by atoms with van der Waals surface area (Å²) in [6.45, 7) is 2.84. The lowest BCUT2D eigenvalue weighted by Gasteiger charge is -2.36. The van der Waals surface area contributed by atoms with E-state index >= 15 is 0 Å². The normalized spacial score (nSPS) is 17.8. The first-order valence-corrected chi connectivity index (χ1v) is 7.35. The molecule has 22 heavy (non-hydrogen) atoms. The molecule has 0 unspecified atom stereocenters. The standard InChI is InChI=1S/C16H21FN2O3/c1-11(20)18-14-7-9-19(10-8-14)15(16(21)22-2)12-3-5-13(17)6-4-12/h3-6,14-15H,7-10H2,1-2H3,(H,18,20)/t15-/m1/s1. The number of methoxy groups -OCH3 is 1. The summed E-state index contributed by atoms with van der Waals surface area (Å²) in [4.78, 5) is 25.2. The molecule has 0 aromatic heterocycles. The highest BCUT2D eigenvalue weighted by Crippen LogP contribution is 2.26. The Morgan fingerprint density at radius 1 is 1.27 bits per heavy atom. The van der Waals surface area contributed by atoms with Gasteiger partial charge in [0.15, 0.2) is 0 Å². The Morgan fingerprint density at radius 3 is 2.36 bits per heavy atom. The van der Waals surface area contributed by atoms with Gasteiger partial charge in [0.1, 0.15) is 11.9 Å². The molecule has 0 spiro atoms. The highest BCUT2D eigenvalue weighted by molar-refractivity contribution is 5.77. The van der Waals surface area contributed by atoms with Crippen LogP contribution in [0.3, 0.4) is 0 Å². The lowest BCUT2D eigenvalue weighted by molar-refractivity contribution is -0.148. The quantitative estimate of drug-likeness (QED) is 0.859. The molecule has 0 radical (unpaired) electrons. The van der Waals surface area contributed by atoms with Crippen molar-refractivity contribution < 1.29 is 18.7 Å². The summed E-state index contributed by atoms with van der Waals surface area (Å²) in [7, 11) is 1.35. The van der Waals surface area contributed by atoms with Crippen molar-refractivity contribution in [1.29, 1.82) is 0 Å². The topological polar surface area (TPSA) is 58.6 Å². The average Bonchev–Trinajstić information content (AvgIpc) is 2.50. The number of nitrogens with zero attached hydrogens (tertiary/aromatic N) is 1. The predicted molar refractivity (Wildman–Crippen MR) is 79.6 cm³/mol. The molecule has 1 saturated heterocycles. The van der Waals surface area contributed by atoms with E-state index in [1.165, 1.54) is 26.2 Å². The number of hydrogen-bond donors (Lipinski definition) is 1. The average molecular weight is 308 g/mol. The summed E-state index contributed by atoms with van der Waals surface area (Å²) < 4.78 is 18.0. The Labute approximate surface area is 129 Å². The molecule has 6 heteroatoms. The Hall–Kier alpha value is -1.95. The van der Waals surface area contributed by atoms with Crippen molar-refractivity contribution in [2.24, 2.45) is 0 Å². The first-order chi connectivity index (χ1) is 10.5. The number of halogens is 1. The number of likely N-dealkylation sites (tertiary alicyclic amines) is 1. The highest BCUT2D eigenvalue weighted by Gasteiger charge is 2.32. The van der Waals surface area contributed by atoms with Crippen molar-refractivity contribution in [1.82, 2.24) is 10.2 Å². The van der Waals surface area contributed by atoms with Crippen LogP contribution in [-0.2, 0) is 14.3 Å². The number of piperidine rings is 1. The maximum absolute atomic E-state index is 13.1. The van der Waals surface area contributed by atoms with Crippen molar-refractivity contribution in [3.63, 3.8) is 0 Å². The number of ether oxygens (including phenoxy) is 1. The van der Waals surface area contributed by atoms with Gasteiger partial charge >= 0.3 is 5.97 Å². The summed E-state index contributed by atoms with van der Waals surface area (Å²) in [6, 6.07) is 5.50. The van der Waals surface area contributed by atoms with Gasteiger partial charge in [-0.2, -0.15) is 0 Å². The Morgan fingerprint density at radius 2 is 1.86 bits per heavy atom. The molecule has 2 rings (SSSR count). The van der Waals surface area contributed by atoms with Crippen molar-refractivity contribution in [3.8, 4) is 0 Å². The predicted octanol–water partition coefficient (Wildman–Crippen LogP) is 1.64. The molecule has 1 fully saturated rings. The monoisotopic (exact) mass is 308 g/mol. The molecule has 1 amide bonds. The number of hydrogen-bond acceptors (Lipinski definition) is 4. The summed E-state index contributed by atoms with van der Waals surface area (Å²) in [5.41, 5.74) is 0.714. The lowest BCUT2D eigenvalue weighted by Crippen LogP contribution is -2.46. The molecule has 120 valence electrons. The first-order valence-electron chi connectivity index (χ1n) is 7.35. The zero-order chi connectivity index (χ0) is 16.1. The molecule has 1 aliphatic heterocycles. The molecule has 0 aliphatic carbocycles. The fraction of sp³-hybridized carbons (Fsp3) is 0.500. The van der Waals surface area contributed by atoms with Crippen LogP contribution in [-0.4, -0.2) is 43.0 Å². The zero-order valence-corrected chi connectivity index (χ0v) is 12.8. The van der Waals surface area contributed by atoms with Crippen molar-refractivity contribution >= 4 is 11.9 Å². The van der Waals surface area contributed by atoms with Gasteiger partial charge in [0.25, 0.3) is 0 Å². The lowest BCUT2D eigenvalue weighted by atomic mass is 9.99. The minimum Gasteiger partial charge on any atom is -0.468 e. The van der Waals surface area contributed by atoms with Crippen LogP contribution in [0, 0.1) is 5.82 Å². The summed E-state index contributed by atoms with van der Waals surface area (Å²) in [5.74, 6) is -0.734. The second-order valence-electron chi connectivity index (χ2n) is 5.49.